The first kappa shape index (κ1) is 23.2. The molecule has 1 aliphatic heterocycles. The molecule has 2 fully saturated rings. The molecule has 10 heteroatoms. The summed E-state index contributed by atoms with van der Waals surface area (Å²) in [5.74, 6) is -0.199. The number of ether oxygens (including phenoxy) is 1. The van der Waals surface area contributed by atoms with Gasteiger partial charge in [0.2, 0.25) is 15.9 Å². The van der Waals surface area contributed by atoms with Gasteiger partial charge in [-0.1, -0.05) is 18.2 Å². The first-order valence-corrected chi connectivity index (χ1v) is 12.3. The van der Waals surface area contributed by atoms with Crippen LogP contribution < -0.4 is 14.8 Å². The van der Waals surface area contributed by atoms with Gasteiger partial charge in [0.05, 0.1) is 11.5 Å². The molecule has 0 radical (unpaired) electrons. The van der Waals surface area contributed by atoms with E-state index in [-0.39, 0.29) is 23.1 Å². The third-order valence-electron chi connectivity index (χ3n) is 5.73. The zero-order valence-electron chi connectivity index (χ0n) is 18.2. The highest BCUT2D eigenvalue weighted by molar-refractivity contribution is 7.89. The van der Waals surface area contributed by atoms with E-state index in [9.17, 15) is 22.4 Å². The number of carbonyl (C=O) groups excluding carboxylic acids is 2. The van der Waals surface area contributed by atoms with E-state index in [0.717, 1.165) is 18.4 Å². The van der Waals surface area contributed by atoms with Crippen molar-refractivity contribution in [2.24, 2.45) is 5.92 Å². The van der Waals surface area contributed by atoms with Crippen LogP contribution in [-0.2, 0) is 21.2 Å². The molecule has 0 bridgehead atoms. The van der Waals surface area contributed by atoms with Crippen molar-refractivity contribution in [1.29, 1.82) is 0 Å². The highest BCUT2D eigenvalue weighted by Crippen LogP contribution is 2.31. The van der Waals surface area contributed by atoms with E-state index in [1.165, 1.54) is 35.2 Å². The summed E-state index contributed by atoms with van der Waals surface area (Å²) < 4.78 is 47.9. The van der Waals surface area contributed by atoms with Crippen LogP contribution in [-0.4, -0.2) is 45.0 Å². The molecular weight excluding hydrogens is 449 g/mol. The number of imide groups is 1. The monoisotopic (exact) mass is 475 g/mol. The highest BCUT2D eigenvalue weighted by atomic mass is 32.2. The van der Waals surface area contributed by atoms with Crippen molar-refractivity contribution >= 4 is 22.0 Å². The second kappa shape index (κ2) is 9.48. The second-order valence-electron chi connectivity index (χ2n) is 8.46. The van der Waals surface area contributed by atoms with Crippen LogP contribution in [0.25, 0.3) is 0 Å². The fourth-order valence-corrected chi connectivity index (χ4v) is 4.76. The maximum absolute atomic E-state index is 14.0. The van der Waals surface area contributed by atoms with E-state index >= 15 is 0 Å². The summed E-state index contributed by atoms with van der Waals surface area (Å²) in [6.07, 6.45) is 2.66. The molecule has 1 atom stereocenters. The van der Waals surface area contributed by atoms with Gasteiger partial charge < -0.3 is 9.64 Å². The number of hydrogen-bond donors (Lipinski definition) is 2. The number of nitrogens with zero attached hydrogens (tertiary/aromatic N) is 1. The molecule has 2 aromatic carbocycles. The van der Waals surface area contributed by atoms with E-state index in [1.807, 2.05) is 0 Å². The maximum atomic E-state index is 14.0. The molecule has 0 spiro atoms. The minimum Gasteiger partial charge on any atom is -0.490 e. The third-order valence-corrected chi connectivity index (χ3v) is 7.29. The van der Waals surface area contributed by atoms with Crippen molar-refractivity contribution < 1.29 is 27.1 Å². The topological polar surface area (TPSA) is 105 Å². The van der Waals surface area contributed by atoms with Gasteiger partial charge in [0.15, 0.2) is 11.6 Å². The van der Waals surface area contributed by atoms with Gasteiger partial charge in [-0.05, 0) is 67.5 Å². The Hall–Kier alpha value is -2.98. The van der Waals surface area contributed by atoms with Gasteiger partial charge in [0, 0.05) is 12.6 Å². The highest BCUT2D eigenvalue weighted by Gasteiger charge is 2.26. The summed E-state index contributed by atoms with van der Waals surface area (Å²) in [7, 11) is -3.81. The van der Waals surface area contributed by atoms with E-state index in [4.69, 9.17) is 4.74 Å². The molecule has 1 aliphatic carbocycles. The second-order valence-corrected chi connectivity index (χ2v) is 10.2. The van der Waals surface area contributed by atoms with E-state index in [2.05, 4.69) is 10.0 Å². The third kappa shape index (κ3) is 5.88. The Morgan fingerprint density at radius 2 is 1.91 bits per heavy atom. The molecule has 1 heterocycles. The number of carbonyl (C=O) groups is 2. The Morgan fingerprint density at radius 3 is 2.55 bits per heavy atom. The maximum Gasteiger partial charge on any atom is 0.324 e. The molecule has 2 aliphatic rings. The van der Waals surface area contributed by atoms with Crippen molar-refractivity contribution in [2.45, 2.75) is 37.1 Å². The molecule has 3 amide bonds. The van der Waals surface area contributed by atoms with Gasteiger partial charge in [-0.3, -0.25) is 10.1 Å². The average molecular weight is 476 g/mol. The van der Waals surface area contributed by atoms with Gasteiger partial charge in [0.1, 0.15) is 6.54 Å². The van der Waals surface area contributed by atoms with Gasteiger partial charge in [-0.2, -0.15) is 0 Å². The fourth-order valence-electron chi connectivity index (χ4n) is 3.52. The number of amides is 3. The fraction of sp³-hybridized carbons (Fsp3) is 0.391. The normalized spacial score (nSPS) is 17.2. The van der Waals surface area contributed by atoms with E-state index in [0.29, 0.717) is 31.1 Å². The summed E-state index contributed by atoms with van der Waals surface area (Å²) in [6, 6.07) is 9.69. The van der Waals surface area contributed by atoms with Crippen LogP contribution in [0.1, 0.15) is 36.9 Å². The lowest BCUT2D eigenvalue weighted by atomic mass is 10.1. The molecule has 8 nitrogen and oxygen atoms in total. The molecule has 4 rings (SSSR count). The van der Waals surface area contributed by atoms with Crippen LogP contribution in [0.3, 0.4) is 0 Å². The van der Waals surface area contributed by atoms with Crippen LogP contribution >= 0.6 is 0 Å². The minimum atomic E-state index is -3.81. The molecule has 33 heavy (non-hydrogen) atoms. The molecule has 1 saturated carbocycles. The Labute approximate surface area is 192 Å². The SMILES string of the molecule is C[C@@H](NS(=O)(=O)c1ccc(CCN2CC(=O)NC2=O)cc1)c1ccc(F)c(OCC2CC2)c1. The van der Waals surface area contributed by atoms with Crippen molar-refractivity contribution in [1.82, 2.24) is 14.9 Å². The number of nitrogens with one attached hydrogen (secondary N) is 2. The lowest BCUT2D eigenvalue weighted by molar-refractivity contribution is -0.118. The molecule has 0 unspecified atom stereocenters. The minimum absolute atomic E-state index is 0.0316. The van der Waals surface area contributed by atoms with Crippen molar-refractivity contribution in [3.63, 3.8) is 0 Å². The van der Waals surface area contributed by atoms with Crippen LogP contribution in [0, 0.1) is 11.7 Å². The summed E-state index contributed by atoms with van der Waals surface area (Å²) >= 11 is 0. The standard InChI is InChI=1S/C23H26FN3O5S/c1-15(18-6-9-20(24)21(12-18)32-14-17-2-3-17)26-33(30,31)19-7-4-16(5-8-19)10-11-27-13-22(28)25-23(27)29/h4-9,12,15,17,26H,2-3,10-11,13-14H2,1H3,(H,25,28,29)/t15-/m1/s1. The number of benzene rings is 2. The largest absolute Gasteiger partial charge is 0.490 e. The van der Waals surface area contributed by atoms with Gasteiger partial charge in [-0.15, -0.1) is 0 Å². The molecule has 0 aromatic heterocycles. The zero-order valence-corrected chi connectivity index (χ0v) is 19.0. The van der Waals surface area contributed by atoms with Crippen molar-refractivity contribution in [3.05, 3.63) is 59.4 Å². The predicted octanol–water partition coefficient (Wildman–Crippen LogP) is 2.75. The predicted molar refractivity (Wildman–Crippen MR) is 119 cm³/mol. The molecular formula is C23H26FN3O5S. The summed E-state index contributed by atoms with van der Waals surface area (Å²) in [5, 5.41) is 2.22. The lowest BCUT2D eigenvalue weighted by Gasteiger charge is -2.17. The lowest BCUT2D eigenvalue weighted by Crippen LogP contribution is -2.30. The first-order valence-electron chi connectivity index (χ1n) is 10.8. The molecule has 2 N–H and O–H groups in total. The van der Waals surface area contributed by atoms with Gasteiger partial charge in [-0.25, -0.2) is 22.3 Å². The van der Waals surface area contributed by atoms with Crippen molar-refractivity contribution in [3.8, 4) is 5.75 Å². The smallest absolute Gasteiger partial charge is 0.324 e. The van der Waals surface area contributed by atoms with Gasteiger partial charge >= 0.3 is 6.03 Å². The number of urea groups is 1. The van der Waals surface area contributed by atoms with Crippen molar-refractivity contribution in [2.75, 3.05) is 19.7 Å². The van der Waals surface area contributed by atoms with Crippen LogP contribution in [0.4, 0.5) is 9.18 Å². The van der Waals surface area contributed by atoms with Crippen LogP contribution in [0.5, 0.6) is 5.75 Å². The number of rotatable bonds is 10. The molecule has 1 saturated heterocycles. The Balaban J connectivity index is 1.37. The summed E-state index contributed by atoms with van der Waals surface area (Å²) in [5.41, 5.74) is 1.44. The number of hydrogen-bond acceptors (Lipinski definition) is 5. The quantitative estimate of drug-likeness (QED) is 0.514. The first-order chi connectivity index (χ1) is 15.7. The summed E-state index contributed by atoms with van der Waals surface area (Å²) in [4.78, 5) is 24.3. The number of sulfonamides is 1. The average Bonchev–Trinajstić information content (AvgIpc) is 3.54. The Kier molecular flexibility index (Phi) is 6.66. The van der Waals surface area contributed by atoms with E-state index < -0.39 is 27.9 Å². The zero-order chi connectivity index (χ0) is 23.6. The Morgan fingerprint density at radius 1 is 1.18 bits per heavy atom. The summed E-state index contributed by atoms with van der Waals surface area (Å²) in [6.45, 7) is 2.54. The van der Waals surface area contributed by atoms with Gasteiger partial charge in [0.25, 0.3) is 0 Å². The Bertz CT molecular complexity index is 1150. The molecule has 2 aromatic rings. The van der Waals surface area contributed by atoms with E-state index in [1.54, 1.807) is 19.1 Å². The van der Waals surface area contributed by atoms with Crippen LogP contribution in [0.15, 0.2) is 47.4 Å². The number of halogens is 1. The van der Waals surface area contributed by atoms with Crippen LogP contribution in [0.2, 0.25) is 0 Å². The molecule has 176 valence electrons.